The van der Waals surface area contributed by atoms with Gasteiger partial charge >= 0.3 is 5.91 Å². The molecule has 0 spiro atoms. The molecular weight excluding hydrogens is 484 g/mol. The van der Waals surface area contributed by atoms with Crippen LogP contribution in [0.25, 0.3) is 5.76 Å². The van der Waals surface area contributed by atoms with Crippen molar-refractivity contribution in [1.82, 2.24) is 4.98 Å². The number of anilines is 1. The molecule has 2 aliphatic heterocycles. The van der Waals surface area contributed by atoms with Gasteiger partial charge in [-0.15, -0.1) is 11.3 Å². The van der Waals surface area contributed by atoms with E-state index < -0.39 is 17.7 Å². The van der Waals surface area contributed by atoms with Crippen molar-refractivity contribution in [2.75, 3.05) is 18.1 Å². The molecule has 0 radical (unpaired) electrons. The molecule has 0 aliphatic carbocycles. The molecule has 1 fully saturated rings. The number of aromatic nitrogens is 1. The van der Waals surface area contributed by atoms with Crippen molar-refractivity contribution in [3.05, 3.63) is 75.2 Å². The number of ether oxygens (including phenoxy) is 2. The Labute approximate surface area is 189 Å². The van der Waals surface area contributed by atoms with Crippen LogP contribution in [0.3, 0.4) is 0 Å². The molecule has 3 heterocycles. The molecule has 1 atom stereocenters. The zero-order chi connectivity index (χ0) is 21.5. The first-order chi connectivity index (χ1) is 15.0. The molecule has 1 saturated heterocycles. The summed E-state index contributed by atoms with van der Waals surface area (Å²) in [6.45, 7) is 0.839. The van der Waals surface area contributed by atoms with Crippen molar-refractivity contribution < 1.29 is 24.2 Å². The van der Waals surface area contributed by atoms with Gasteiger partial charge in [0.05, 0.1) is 11.6 Å². The van der Waals surface area contributed by atoms with Gasteiger partial charge in [-0.3, -0.25) is 14.5 Å². The third-order valence-electron chi connectivity index (χ3n) is 5.07. The number of thiazole rings is 1. The third-order valence-corrected chi connectivity index (χ3v) is 6.37. The Kier molecular flexibility index (Phi) is 4.99. The van der Waals surface area contributed by atoms with E-state index in [1.165, 1.54) is 16.2 Å². The van der Waals surface area contributed by atoms with E-state index in [1.54, 1.807) is 41.9 Å². The maximum Gasteiger partial charge on any atom is 0.301 e. The second-order valence-electron chi connectivity index (χ2n) is 6.89. The van der Waals surface area contributed by atoms with Gasteiger partial charge < -0.3 is 14.6 Å². The van der Waals surface area contributed by atoms with Gasteiger partial charge in [0, 0.05) is 21.6 Å². The molecule has 5 rings (SSSR count). The summed E-state index contributed by atoms with van der Waals surface area (Å²) in [5.74, 6) is -0.736. The van der Waals surface area contributed by atoms with Crippen molar-refractivity contribution in [1.29, 1.82) is 0 Å². The van der Waals surface area contributed by atoms with Crippen LogP contribution in [0.1, 0.15) is 17.2 Å². The molecule has 0 saturated carbocycles. The molecule has 0 bridgehead atoms. The second-order valence-corrected chi connectivity index (χ2v) is 8.68. The van der Waals surface area contributed by atoms with Crippen molar-refractivity contribution >= 4 is 49.8 Å². The van der Waals surface area contributed by atoms with E-state index in [0.29, 0.717) is 41.0 Å². The van der Waals surface area contributed by atoms with Gasteiger partial charge in [0.25, 0.3) is 5.78 Å². The number of Topliss-reactive ketones (excluding diaryl/α,β-unsaturated/α-hetero) is 1. The lowest BCUT2D eigenvalue weighted by molar-refractivity contribution is -0.132. The van der Waals surface area contributed by atoms with Crippen LogP contribution < -0.4 is 14.4 Å². The molecular formula is C22H15BrN2O5S. The quantitative estimate of drug-likeness (QED) is 0.329. The standard InChI is InChI=1S/C22H15BrN2O5S/c23-14-4-1-12(2-5-14)18-17(20(27)21(28)25(18)22-24-7-10-31-22)19(26)13-3-6-15-16(11-13)30-9-8-29-15/h1-7,10-11,18,26H,8-9H2/b19-17+/t18-/m1/s1. The Morgan fingerprint density at radius 2 is 1.84 bits per heavy atom. The number of hydrogen-bond acceptors (Lipinski definition) is 7. The van der Waals surface area contributed by atoms with Crippen LogP contribution in [0.15, 0.2) is 64.1 Å². The maximum atomic E-state index is 13.1. The first-order valence-electron chi connectivity index (χ1n) is 9.40. The topological polar surface area (TPSA) is 89.0 Å². The van der Waals surface area contributed by atoms with Crippen LogP contribution in [-0.4, -0.2) is 35.0 Å². The van der Waals surface area contributed by atoms with Gasteiger partial charge in [-0.25, -0.2) is 4.98 Å². The molecule has 1 amide bonds. The summed E-state index contributed by atoms with van der Waals surface area (Å²) < 4.78 is 12.0. The van der Waals surface area contributed by atoms with Crippen LogP contribution in [0.5, 0.6) is 11.5 Å². The summed E-state index contributed by atoms with van der Waals surface area (Å²) in [5, 5.41) is 13.3. The summed E-state index contributed by atoms with van der Waals surface area (Å²) in [4.78, 5) is 31.6. The fraction of sp³-hybridized carbons (Fsp3) is 0.136. The van der Waals surface area contributed by atoms with Gasteiger partial charge in [0.1, 0.15) is 19.0 Å². The van der Waals surface area contributed by atoms with E-state index in [-0.39, 0.29) is 11.3 Å². The highest BCUT2D eigenvalue weighted by molar-refractivity contribution is 9.10. The predicted molar refractivity (Wildman–Crippen MR) is 118 cm³/mol. The number of aliphatic hydroxyl groups excluding tert-OH is 1. The average molecular weight is 499 g/mol. The smallest absolute Gasteiger partial charge is 0.301 e. The number of rotatable bonds is 3. The van der Waals surface area contributed by atoms with E-state index in [4.69, 9.17) is 9.47 Å². The number of carbonyl (C=O) groups excluding carboxylic acids is 2. The third kappa shape index (κ3) is 3.39. The van der Waals surface area contributed by atoms with Crippen LogP contribution in [0.4, 0.5) is 5.13 Å². The molecule has 9 heteroatoms. The number of aliphatic hydroxyl groups is 1. The Bertz CT molecular complexity index is 1210. The fourth-order valence-electron chi connectivity index (χ4n) is 3.67. The maximum absolute atomic E-state index is 13.1. The molecule has 1 aromatic heterocycles. The second kappa shape index (κ2) is 7.82. The van der Waals surface area contributed by atoms with E-state index in [9.17, 15) is 14.7 Å². The van der Waals surface area contributed by atoms with Crippen molar-refractivity contribution in [2.24, 2.45) is 0 Å². The average Bonchev–Trinajstić information content (AvgIpc) is 3.40. The van der Waals surface area contributed by atoms with Gasteiger partial charge in [0.2, 0.25) is 0 Å². The lowest BCUT2D eigenvalue weighted by Crippen LogP contribution is -2.29. The zero-order valence-electron chi connectivity index (χ0n) is 15.9. The molecule has 156 valence electrons. The van der Waals surface area contributed by atoms with Crippen molar-refractivity contribution in [3.63, 3.8) is 0 Å². The lowest BCUT2D eigenvalue weighted by atomic mass is 9.95. The molecule has 3 aromatic rings. The number of fused-ring (bicyclic) bond motifs is 1. The Morgan fingerprint density at radius 1 is 1.10 bits per heavy atom. The van der Waals surface area contributed by atoms with Crippen molar-refractivity contribution in [2.45, 2.75) is 6.04 Å². The Hall–Kier alpha value is -3.17. The van der Waals surface area contributed by atoms with Gasteiger partial charge in [-0.1, -0.05) is 28.1 Å². The van der Waals surface area contributed by atoms with E-state index in [1.807, 2.05) is 12.1 Å². The molecule has 7 nitrogen and oxygen atoms in total. The van der Waals surface area contributed by atoms with Crippen LogP contribution in [-0.2, 0) is 9.59 Å². The highest BCUT2D eigenvalue weighted by atomic mass is 79.9. The Balaban J connectivity index is 1.68. The number of halogens is 1. The fourth-order valence-corrected chi connectivity index (χ4v) is 4.60. The molecule has 1 N–H and O–H groups in total. The highest BCUT2D eigenvalue weighted by Gasteiger charge is 2.48. The van der Waals surface area contributed by atoms with E-state index >= 15 is 0 Å². The number of carbonyl (C=O) groups is 2. The van der Waals surface area contributed by atoms with Crippen LogP contribution in [0, 0.1) is 0 Å². The predicted octanol–water partition coefficient (Wildman–Crippen LogP) is 4.30. The largest absolute Gasteiger partial charge is 0.507 e. The molecule has 2 aromatic carbocycles. The van der Waals surface area contributed by atoms with Crippen LogP contribution >= 0.6 is 27.3 Å². The minimum Gasteiger partial charge on any atom is -0.507 e. The van der Waals surface area contributed by atoms with Gasteiger partial charge in [0.15, 0.2) is 16.6 Å². The van der Waals surface area contributed by atoms with Crippen molar-refractivity contribution in [3.8, 4) is 11.5 Å². The van der Waals surface area contributed by atoms with E-state index in [0.717, 1.165) is 4.47 Å². The number of amides is 1. The lowest BCUT2D eigenvalue weighted by Gasteiger charge is -2.23. The number of nitrogens with zero attached hydrogens (tertiary/aromatic N) is 2. The van der Waals surface area contributed by atoms with E-state index in [2.05, 4.69) is 20.9 Å². The number of hydrogen-bond donors (Lipinski definition) is 1. The zero-order valence-corrected chi connectivity index (χ0v) is 18.4. The monoisotopic (exact) mass is 498 g/mol. The summed E-state index contributed by atoms with van der Waals surface area (Å²) in [6, 6.07) is 11.4. The minimum atomic E-state index is -0.813. The first-order valence-corrected chi connectivity index (χ1v) is 11.1. The summed E-state index contributed by atoms with van der Waals surface area (Å²) >= 11 is 4.65. The molecule has 2 aliphatic rings. The highest BCUT2D eigenvalue weighted by Crippen LogP contribution is 2.43. The summed E-state index contributed by atoms with van der Waals surface area (Å²) in [6.07, 6.45) is 1.57. The van der Waals surface area contributed by atoms with Gasteiger partial charge in [-0.2, -0.15) is 0 Å². The first kappa shape index (κ1) is 19.8. The molecule has 0 unspecified atom stereocenters. The number of benzene rings is 2. The summed E-state index contributed by atoms with van der Waals surface area (Å²) in [5.41, 5.74) is 1.04. The minimum absolute atomic E-state index is 0.000741. The normalized spacial score (nSPS) is 19.6. The Morgan fingerprint density at radius 3 is 2.55 bits per heavy atom. The molecule has 31 heavy (non-hydrogen) atoms. The van der Waals surface area contributed by atoms with Crippen LogP contribution in [0.2, 0.25) is 0 Å². The number of ketones is 1. The van der Waals surface area contributed by atoms with Gasteiger partial charge in [-0.05, 0) is 35.9 Å². The SMILES string of the molecule is O=C1C(=O)N(c2nccs2)[C@H](c2ccc(Br)cc2)/C1=C(\O)c1ccc2c(c1)OCCO2. The summed E-state index contributed by atoms with van der Waals surface area (Å²) in [7, 11) is 0.